The largest absolute Gasteiger partial charge is 0.390 e. The number of nitrogens with one attached hydrogen (secondary N) is 1. The van der Waals surface area contributed by atoms with Crippen LogP contribution in [0, 0.1) is 0 Å². The number of nitrogen functional groups attached to an aromatic ring is 1. The maximum atomic E-state index is 10.8. The summed E-state index contributed by atoms with van der Waals surface area (Å²) < 4.78 is 0. The number of thioether (sulfide) groups is 1. The first kappa shape index (κ1) is 14.8. The minimum absolute atomic E-state index is 0.0172. The highest BCUT2D eigenvalue weighted by atomic mass is 32.2. The lowest BCUT2D eigenvalue weighted by atomic mass is 10.0. The van der Waals surface area contributed by atoms with E-state index in [1.807, 2.05) is 0 Å². The molecule has 20 heavy (non-hydrogen) atoms. The number of anilines is 1. The van der Waals surface area contributed by atoms with Crippen molar-refractivity contribution in [3.8, 4) is 0 Å². The Kier molecular flexibility index (Phi) is 4.58. The zero-order valence-corrected chi connectivity index (χ0v) is 11.7. The predicted molar refractivity (Wildman–Crippen MR) is 77.0 cm³/mol. The summed E-state index contributed by atoms with van der Waals surface area (Å²) in [6, 6.07) is 0. The number of carbonyl (C=O) groups excluding carboxylic acids is 1. The molecule has 0 saturated heterocycles. The molecule has 2 aromatic rings. The summed E-state index contributed by atoms with van der Waals surface area (Å²) >= 11 is 1.11. The van der Waals surface area contributed by atoms with Crippen LogP contribution in [0.4, 0.5) is 5.82 Å². The molecule has 0 aromatic carbocycles. The number of aliphatic hydroxyl groups excluding tert-OH is 2. The lowest BCUT2D eigenvalue weighted by Crippen LogP contribution is -2.19. The minimum atomic E-state index is -1.11. The van der Waals surface area contributed by atoms with E-state index in [1.54, 1.807) is 6.20 Å². The molecule has 2 heterocycles. The zero-order valence-electron chi connectivity index (χ0n) is 10.9. The number of H-pyrrole nitrogens is 1. The van der Waals surface area contributed by atoms with Crippen LogP contribution in [0.3, 0.4) is 0 Å². The van der Waals surface area contributed by atoms with Crippen LogP contribution in [-0.4, -0.2) is 42.1 Å². The Morgan fingerprint density at radius 2 is 2.25 bits per heavy atom. The van der Waals surface area contributed by atoms with Gasteiger partial charge in [-0.1, -0.05) is 11.8 Å². The van der Waals surface area contributed by atoms with Crippen molar-refractivity contribution in [1.29, 1.82) is 0 Å². The number of nitrogens with two attached hydrogens (primary N) is 1. The number of hydrogen-bond donors (Lipinski definition) is 4. The van der Waals surface area contributed by atoms with Gasteiger partial charge in [0, 0.05) is 24.4 Å². The lowest BCUT2D eigenvalue weighted by molar-refractivity contribution is -0.109. The Morgan fingerprint density at radius 1 is 1.50 bits per heavy atom. The van der Waals surface area contributed by atoms with E-state index in [1.165, 1.54) is 13.3 Å². The van der Waals surface area contributed by atoms with Crippen LogP contribution in [0.15, 0.2) is 12.5 Å². The number of rotatable bonds is 5. The lowest BCUT2D eigenvalue weighted by Gasteiger charge is -2.17. The van der Waals surface area contributed by atoms with Crippen molar-refractivity contribution in [2.45, 2.75) is 25.6 Å². The molecular formula is C12H16N4O3S. The highest BCUT2D eigenvalue weighted by molar-refractivity contribution is 8.13. The molecule has 5 N–H and O–H groups in total. The van der Waals surface area contributed by atoms with Crippen molar-refractivity contribution >= 4 is 33.7 Å². The molecule has 2 unspecified atom stereocenters. The third kappa shape index (κ3) is 3.09. The quantitative estimate of drug-likeness (QED) is 0.636. The predicted octanol–water partition coefficient (Wildman–Crippen LogP) is 0.604. The van der Waals surface area contributed by atoms with Gasteiger partial charge in [0.25, 0.3) is 0 Å². The summed E-state index contributed by atoms with van der Waals surface area (Å²) in [5.74, 6) is 0.692. The minimum Gasteiger partial charge on any atom is -0.390 e. The summed E-state index contributed by atoms with van der Waals surface area (Å²) in [6.45, 7) is 1.46. The number of aromatic nitrogens is 3. The molecule has 0 aliphatic rings. The van der Waals surface area contributed by atoms with E-state index in [-0.39, 0.29) is 10.9 Å². The molecule has 0 bridgehead atoms. The highest BCUT2D eigenvalue weighted by Gasteiger charge is 2.23. The van der Waals surface area contributed by atoms with Gasteiger partial charge in [-0.25, -0.2) is 9.97 Å². The van der Waals surface area contributed by atoms with Crippen LogP contribution in [0.2, 0.25) is 0 Å². The molecule has 0 aliphatic heterocycles. The van der Waals surface area contributed by atoms with Crippen LogP contribution in [0.1, 0.15) is 25.0 Å². The van der Waals surface area contributed by atoms with Gasteiger partial charge in [-0.2, -0.15) is 0 Å². The average Bonchev–Trinajstić information content (AvgIpc) is 2.82. The summed E-state index contributed by atoms with van der Waals surface area (Å²) in [4.78, 5) is 21.6. The molecule has 0 spiro atoms. The van der Waals surface area contributed by atoms with Gasteiger partial charge in [0.15, 0.2) is 5.12 Å². The monoisotopic (exact) mass is 296 g/mol. The molecule has 0 saturated carbocycles. The molecule has 108 valence electrons. The molecule has 0 fully saturated rings. The van der Waals surface area contributed by atoms with E-state index in [2.05, 4.69) is 15.0 Å². The van der Waals surface area contributed by atoms with E-state index in [4.69, 9.17) is 5.73 Å². The second-order valence-corrected chi connectivity index (χ2v) is 5.64. The first-order valence-electron chi connectivity index (χ1n) is 6.07. The molecule has 0 radical (unpaired) electrons. The summed E-state index contributed by atoms with van der Waals surface area (Å²) in [5, 5.41) is 20.7. The fourth-order valence-electron chi connectivity index (χ4n) is 1.93. The molecule has 8 heteroatoms. The van der Waals surface area contributed by atoms with Gasteiger partial charge in [0.1, 0.15) is 23.9 Å². The van der Waals surface area contributed by atoms with Crippen molar-refractivity contribution in [3.05, 3.63) is 18.1 Å². The molecule has 0 aliphatic carbocycles. The van der Waals surface area contributed by atoms with Gasteiger partial charge in [-0.05, 0) is 6.42 Å². The summed E-state index contributed by atoms with van der Waals surface area (Å²) in [7, 11) is 0. The van der Waals surface area contributed by atoms with Crippen LogP contribution in [0.25, 0.3) is 11.0 Å². The highest BCUT2D eigenvalue weighted by Crippen LogP contribution is 2.29. The van der Waals surface area contributed by atoms with Crippen molar-refractivity contribution < 1.29 is 15.0 Å². The van der Waals surface area contributed by atoms with Gasteiger partial charge in [0.05, 0.1) is 11.5 Å². The number of aromatic amines is 1. The fraction of sp³-hybridized carbons (Fsp3) is 0.417. The van der Waals surface area contributed by atoms with Gasteiger partial charge >= 0.3 is 0 Å². The van der Waals surface area contributed by atoms with Gasteiger partial charge in [-0.3, -0.25) is 4.79 Å². The van der Waals surface area contributed by atoms with E-state index in [0.29, 0.717) is 28.8 Å². The molecule has 2 atom stereocenters. The maximum absolute atomic E-state index is 10.8. The van der Waals surface area contributed by atoms with E-state index in [0.717, 1.165) is 11.8 Å². The van der Waals surface area contributed by atoms with Gasteiger partial charge in [-0.15, -0.1) is 0 Å². The molecule has 2 rings (SSSR count). The average molecular weight is 296 g/mol. The van der Waals surface area contributed by atoms with Crippen LogP contribution in [-0.2, 0) is 4.79 Å². The van der Waals surface area contributed by atoms with E-state index >= 15 is 0 Å². The van der Waals surface area contributed by atoms with E-state index in [9.17, 15) is 15.0 Å². The number of fused-ring (bicyclic) bond motifs is 1. The number of nitrogens with zero attached hydrogens (tertiary/aromatic N) is 2. The number of carbonyl (C=O) groups is 1. The van der Waals surface area contributed by atoms with Crippen LogP contribution < -0.4 is 5.73 Å². The second-order valence-electron chi connectivity index (χ2n) is 4.37. The Labute approximate surface area is 119 Å². The normalized spacial score (nSPS) is 14.3. The summed E-state index contributed by atoms with van der Waals surface area (Å²) in [5.41, 5.74) is 6.73. The van der Waals surface area contributed by atoms with Gasteiger partial charge < -0.3 is 20.9 Å². The Hall–Kier alpha value is -1.64. The maximum Gasteiger partial charge on any atom is 0.185 e. The first-order chi connectivity index (χ1) is 9.50. The molecule has 0 amide bonds. The molecule has 7 nitrogen and oxygen atoms in total. The second kappa shape index (κ2) is 6.21. The smallest absolute Gasteiger partial charge is 0.185 e. The topological polar surface area (TPSA) is 125 Å². The van der Waals surface area contributed by atoms with Crippen LogP contribution in [0.5, 0.6) is 0 Å². The Bertz CT molecular complexity index is 616. The van der Waals surface area contributed by atoms with Crippen molar-refractivity contribution in [1.82, 2.24) is 15.0 Å². The van der Waals surface area contributed by atoms with Crippen LogP contribution >= 0.6 is 11.8 Å². The Morgan fingerprint density at radius 3 is 2.95 bits per heavy atom. The van der Waals surface area contributed by atoms with Crippen molar-refractivity contribution in [3.63, 3.8) is 0 Å². The van der Waals surface area contributed by atoms with Crippen molar-refractivity contribution in [2.24, 2.45) is 0 Å². The SMILES string of the molecule is CC(=O)SCCC(O)C(O)c1c[nH]c2ncnc(N)c12. The zero-order chi connectivity index (χ0) is 14.7. The van der Waals surface area contributed by atoms with Gasteiger partial charge in [0.2, 0.25) is 0 Å². The number of aliphatic hydroxyl groups is 2. The fourth-order valence-corrected chi connectivity index (χ4v) is 2.58. The molecular weight excluding hydrogens is 280 g/mol. The first-order valence-corrected chi connectivity index (χ1v) is 7.06. The van der Waals surface area contributed by atoms with Crippen molar-refractivity contribution in [2.75, 3.05) is 11.5 Å². The standard InChI is InChI=1S/C12H16N4O3S/c1-6(17)20-3-2-8(18)10(19)7-4-14-12-9(7)11(13)15-5-16-12/h4-5,8,10,18-19H,2-3H2,1H3,(H3,13,14,15,16). The summed E-state index contributed by atoms with van der Waals surface area (Å²) in [6.07, 6.45) is 1.09. The Balaban J connectivity index is 2.14. The third-order valence-electron chi connectivity index (χ3n) is 2.93. The molecule has 2 aromatic heterocycles. The number of hydrogen-bond acceptors (Lipinski definition) is 7. The van der Waals surface area contributed by atoms with E-state index < -0.39 is 12.2 Å². The third-order valence-corrected chi connectivity index (χ3v) is 3.78.